The molecule has 3 N–H and O–H groups in total. The van der Waals surface area contributed by atoms with E-state index < -0.39 is 0 Å². The van der Waals surface area contributed by atoms with E-state index in [2.05, 4.69) is 22.4 Å². The van der Waals surface area contributed by atoms with Crippen LogP contribution in [0.3, 0.4) is 0 Å². The number of nitrogens with two attached hydrogens (primary N) is 1. The molecule has 1 fully saturated rings. The van der Waals surface area contributed by atoms with Gasteiger partial charge in [0.15, 0.2) is 5.96 Å². The van der Waals surface area contributed by atoms with Crippen LogP contribution < -0.4 is 15.8 Å². The van der Waals surface area contributed by atoms with Crippen molar-refractivity contribution < 1.29 is 14.3 Å². The smallest absolute Gasteiger partial charge is 0.409 e. The fourth-order valence-corrected chi connectivity index (χ4v) is 3.45. The molecule has 2 aromatic rings. The van der Waals surface area contributed by atoms with Gasteiger partial charge in [0.1, 0.15) is 12.4 Å². The summed E-state index contributed by atoms with van der Waals surface area (Å²) in [7, 11) is 0. The third-order valence-electron chi connectivity index (χ3n) is 4.98. The highest BCUT2D eigenvalue weighted by Crippen LogP contribution is 2.29. The predicted molar refractivity (Wildman–Crippen MR) is 134 cm³/mol. The van der Waals surface area contributed by atoms with Crippen molar-refractivity contribution in [2.45, 2.75) is 25.8 Å². The third-order valence-corrected chi connectivity index (χ3v) is 4.98. The van der Waals surface area contributed by atoms with Crippen LogP contribution in [0.25, 0.3) is 11.1 Å². The molecule has 31 heavy (non-hydrogen) atoms. The van der Waals surface area contributed by atoms with Crippen LogP contribution in [0.4, 0.5) is 4.79 Å². The van der Waals surface area contributed by atoms with Gasteiger partial charge in [0.25, 0.3) is 0 Å². The molecule has 3 rings (SSSR count). The molecule has 0 spiro atoms. The van der Waals surface area contributed by atoms with Gasteiger partial charge in [-0.3, -0.25) is 0 Å². The van der Waals surface area contributed by atoms with Gasteiger partial charge >= 0.3 is 6.09 Å². The van der Waals surface area contributed by atoms with Gasteiger partial charge in [0, 0.05) is 24.7 Å². The number of nitrogens with zero attached hydrogens (tertiary/aromatic N) is 2. The number of rotatable bonds is 7. The molecule has 0 radical (unpaired) electrons. The number of para-hydroxylation sites is 1. The minimum Gasteiger partial charge on any atom is -0.491 e. The summed E-state index contributed by atoms with van der Waals surface area (Å²) in [6.45, 7) is 4.42. The quantitative estimate of drug-likeness (QED) is 0.242. The Kier molecular flexibility index (Phi) is 10.4. The number of benzene rings is 2. The molecular formula is C23H31IN4O3. The molecule has 8 heteroatoms. The summed E-state index contributed by atoms with van der Waals surface area (Å²) < 4.78 is 11.0. The van der Waals surface area contributed by atoms with Crippen molar-refractivity contribution in [3.8, 4) is 16.9 Å². The average molecular weight is 538 g/mol. The van der Waals surface area contributed by atoms with Crippen LogP contribution in [-0.2, 0) is 4.74 Å². The highest BCUT2D eigenvalue weighted by molar-refractivity contribution is 14.0. The largest absolute Gasteiger partial charge is 0.491 e. The van der Waals surface area contributed by atoms with Gasteiger partial charge in [-0.2, -0.15) is 0 Å². The Bertz CT molecular complexity index is 840. The molecule has 1 saturated heterocycles. The number of hydrogen-bond donors (Lipinski definition) is 2. The lowest BCUT2D eigenvalue weighted by Crippen LogP contribution is -2.48. The van der Waals surface area contributed by atoms with Crippen molar-refractivity contribution in [1.29, 1.82) is 0 Å². The zero-order valence-electron chi connectivity index (χ0n) is 17.8. The molecule has 0 aliphatic carbocycles. The highest BCUT2D eigenvalue weighted by atomic mass is 127. The standard InChI is InChI=1S/C23H30N4O3.HI/c1-2-29-23(28)27-15-12-19(13-16-27)26-22(24)25-14-17-30-21-11-7-6-10-20(21)18-8-4-3-5-9-18;/h3-11,19H,2,12-17H2,1H3,(H3,24,25,26);1H. The number of guanidine groups is 1. The number of amides is 1. The molecular weight excluding hydrogens is 507 g/mol. The van der Waals surface area contributed by atoms with Crippen molar-refractivity contribution in [2.75, 3.05) is 32.8 Å². The van der Waals surface area contributed by atoms with Crippen LogP contribution in [0, 0.1) is 0 Å². The molecule has 1 amide bonds. The van der Waals surface area contributed by atoms with E-state index in [9.17, 15) is 4.79 Å². The maximum Gasteiger partial charge on any atom is 0.409 e. The van der Waals surface area contributed by atoms with Crippen molar-refractivity contribution >= 4 is 36.0 Å². The number of nitrogens with one attached hydrogen (secondary N) is 1. The van der Waals surface area contributed by atoms with E-state index in [-0.39, 0.29) is 36.1 Å². The molecule has 0 aromatic heterocycles. The average Bonchev–Trinajstić information content (AvgIpc) is 2.78. The van der Waals surface area contributed by atoms with Gasteiger partial charge in [-0.05, 0) is 31.4 Å². The fourth-order valence-electron chi connectivity index (χ4n) is 3.45. The van der Waals surface area contributed by atoms with Crippen molar-refractivity contribution in [1.82, 2.24) is 10.2 Å². The SMILES string of the molecule is CCOC(=O)N1CCC(NC(N)=NCCOc2ccccc2-c2ccccc2)CC1.I. The Morgan fingerprint density at radius 3 is 2.52 bits per heavy atom. The summed E-state index contributed by atoms with van der Waals surface area (Å²) in [6, 6.07) is 18.3. The lowest BCUT2D eigenvalue weighted by atomic mass is 10.1. The summed E-state index contributed by atoms with van der Waals surface area (Å²) in [5, 5.41) is 3.24. The number of aliphatic imine (C=N–C) groups is 1. The van der Waals surface area contributed by atoms with Crippen molar-refractivity contribution in [2.24, 2.45) is 10.7 Å². The third kappa shape index (κ3) is 7.61. The van der Waals surface area contributed by atoms with Crippen LogP contribution in [-0.4, -0.2) is 55.8 Å². The Hall–Kier alpha value is -2.49. The van der Waals surface area contributed by atoms with Crippen molar-refractivity contribution in [3.05, 3.63) is 54.6 Å². The zero-order chi connectivity index (χ0) is 21.2. The van der Waals surface area contributed by atoms with E-state index in [1.54, 1.807) is 4.90 Å². The number of likely N-dealkylation sites (tertiary alicyclic amines) is 1. The number of piperidine rings is 1. The number of carbonyl (C=O) groups excluding carboxylic acids is 1. The summed E-state index contributed by atoms with van der Waals surface area (Å²) in [5.74, 6) is 1.24. The van der Waals surface area contributed by atoms with Gasteiger partial charge in [-0.15, -0.1) is 24.0 Å². The Morgan fingerprint density at radius 1 is 1.13 bits per heavy atom. The second-order valence-corrected chi connectivity index (χ2v) is 7.08. The molecule has 0 unspecified atom stereocenters. The first-order chi connectivity index (χ1) is 14.7. The predicted octanol–water partition coefficient (Wildman–Crippen LogP) is 3.88. The fraction of sp³-hybridized carbons (Fsp3) is 0.391. The second kappa shape index (κ2) is 13.0. The molecule has 168 valence electrons. The molecule has 1 aliphatic rings. The maximum absolute atomic E-state index is 11.8. The van der Waals surface area contributed by atoms with Gasteiger partial charge in [-0.1, -0.05) is 48.5 Å². The zero-order valence-corrected chi connectivity index (χ0v) is 20.2. The summed E-state index contributed by atoms with van der Waals surface area (Å²) in [5.41, 5.74) is 8.20. The Labute approximate surface area is 201 Å². The van der Waals surface area contributed by atoms with E-state index in [4.69, 9.17) is 15.2 Å². The monoisotopic (exact) mass is 538 g/mol. The van der Waals surface area contributed by atoms with Crippen LogP contribution in [0.15, 0.2) is 59.6 Å². The van der Waals surface area contributed by atoms with Crippen LogP contribution in [0.2, 0.25) is 0 Å². The van der Waals surface area contributed by atoms with E-state index >= 15 is 0 Å². The van der Waals surface area contributed by atoms with Gasteiger partial charge in [0.2, 0.25) is 0 Å². The summed E-state index contributed by atoms with van der Waals surface area (Å²) in [4.78, 5) is 17.9. The molecule has 1 heterocycles. The van der Waals surface area contributed by atoms with E-state index in [1.165, 1.54) is 0 Å². The molecule has 1 aliphatic heterocycles. The summed E-state index contributed by atoms with van der Waals surface area (Å²) in [6.07, 6.45) is 1.39. The van der Waals surface area contributed by atoms with Gasteiger partial charge < -0.3 is 25.4 Å². The number of halogens is 1. The van der Waals surface area contributed by atoms with Crippen molar-refractivity contribution in [3.63, 3.8) is 0 Å². The van der Waals surface area contributed by atoms with Crippen LogP contribution in [0.5, 0.6) is 5.75 Å². The Morgan fingerprint density at radius 2 is 1.81 bits per heavy atom. The normalized spacial score (nSPS) is 14.5. The first-order valence-electron chi connectivity index (χ1n) is 10.4. The number of carbonyl (C=O) groups is 1. The van der Waals surface area contributed by atoms with Crippen LogP contribution >= 0.6 is 24.0 Å². The maximum atomic E-state index is 11.8. The second-order valence-electron chi connectivity index (χ2n) is 7.08. The first kappa shape index (κ1) is 24.8. The number of ether oxygens (including phenoxy) is 2. The lowest BCUT2D eigenvalue weighted by Gasteiger charge is -2.31. The topological polar surface area (TPSA) is 89.2 Å². The Balaban J connectivity index is 0.00000341. The highest BCUT2D eigenvalue weighted by Gasteiger charge is 2.23. The van der Waals surface area contributed by atoms with Crippen LogP contribution in [0.1, 0.15) is 19.8 Å². The molecule has 0 bridgehead atoms. The van der Waals surface area contributed by atoms with E-state index in [0.29, 0.717) is 38.8 Å². The van der Waals surface area contributed by atoms with Gasteiger partial charge in [0.05, 0.1) is 13.2 Å². The molecule has 0 saturated carbocycles. The summed E-state index contributed by atoms with van der Waals surface area (Å²) >= 11 is 0. The minimum atomic E-state index is -0.245. The molecule has 2 aromatic carbocycles. The molecule has 0 atom stereocenters. The molecule has 7 nitrogen and oxygen atoms in total. The minimum absolute atomic E-state index is 0. The van der Waals surface area contributed by atoms with E-state index in [1.807, 2.05) is 49.4 Å². The van der Waals surface area contributed by atoms with Gasteiger partial charge in [-0.25, -0.2) is 9.79 Å². The van der Waals surface area contributed by atoms with E-state index in [0.717, 1.165) is 29.7 Å². The first-order valence-corrected chi connectivity index (χ1v) is 10.4. The number of hydrogen-bond acceptors (Lipinski definition) is 4. The lowest BCUT2D eigenvalue weighted by molar-refractivity contribution is 0.0963.